The Kier molecular flexibility index (Phi) is 6.45. The molecule has 0 bridgehead atoms. The van der Waals surface area contributed by atoms with Gasteiger partial charge in [-0.05, 0) is 30.3 Å². The molecular weight excluding hydrogens is 380 g/mol. The Hall–Kier alpha value is -3.46. The number of hydrogen-bond acceptors (Lipinski definition) is 7. The summed E-state index contributed by atoms with van der Waals surface area (Å²) in [7, 11) is 1.25. The highest BCUT2D eigenvalue weighted by Gasteiger charge is 2.18. The highest BCUT2D eigenvalue weighted by atomic mass is 35.5. The number of carbonyl (C=O) groups excluding carboxylic acids is 3. The van der Waals surface area contributed by atoms with Crippen molar-refractivity contribution in [2.24, 2.45) is 0 Å². The molecule has 0 atom stereocenters. The SMILES string of the molecule is COC(=O)c1ccc(NC(=O)COC(=O)c2cc([N+](=O)[O-])ccc2Cl)cc1. The summed E-state index contributed by atoms with van der Waals surface area (Å²) in [6, 6.07) is 9.16. The summed E-state index contributed by atoms with van der Waals surface area (Å²) >= 11 is 5.83. The molecule has 0 aliphatic rings. The van der Waals surface area contributed by atoms with E-state index in [0.29, 0.717) is 11.3 Å². The van der Waals surface area contributed by atoms with Gasteiger partial charge in [0.1, 0.15) is 0 Å². The predicted molar refractivity (Wildman–Crippen MR) is 94.8 cm³/mol. The van der Waals surface area contributed by atoms with Crippen molar-refractivity contribution in [1.29, 1.82) is 0 Å². The molecule has 9 nitrogen and oxygen atoms in total. The molecular formula is C17H13ClN2O7. The third kappa shape index (κ3) is 5.25. The van der Waals surface area contributed by atoms with Crippen LogP contribution in [-0.4, -0.2) is 36.5 Å². The number of nitrogens with zero attached hydrogens (tertiary/aromatic N) is 1. The Morgan fingerprint density at radius 3 is 2.37 bits per heavy atom. The lowest BCUT2D eigenvalue weighted by Crippen LogP contribution is -2.21. The van der Waals surface area contributed by atoms with Crippen LogP contribution < -0.4 is 5.32 Å². The van der Waals surface area contributed by atoms with Gasteiger partial charge in [-0.15, -0.1) is 0 Å². The van der Waals surface area contributed by atoms with E-state index in [1.165, 1.54) is 37.4 Å². The lowest BCUT2D eigenvalue weighted by molar-refractivity contribution is -0.384. The molecule has 0 aliphatic carbocycles. The molecule has 1 amide bonds. The van der Waals surface area contributed by atoms with Crippen molar-refractivity contribution in [3.05, 3.63) is 68.7 Å². The Morgan fingerprint density at radius 1 is 1.11 bits per heavy atom. The average molecular weight is 393 g/mol. The summed E-state index contributed by atoms with van der Waals surface area (Å²) in [5.41, 5.74) is 0.127. The minimum Gasteiger partial charge on any atom is -0.465 e. The quantitative estimate of drug-likeness (QED) is 0.455. The molecule has 0 saturated carbocycles. The van der Waals surface area contributed by atoms with Gasteiger partial charge in [0.05, 0.1) is 28.2 Å². The summed E-state index contributed by atoms with van der Waals surface area (Å²) in [5.74, 6) is -2.13. The maximum Gasteiger partial charge on any atom is 0.340 e. The maximum atomic E-state index is 12.0. The minimum absolute atomic E-state index is 0.0376. The first-order valence-electron chi connectivity index (χ1n) is 7.41. The van der Waals surface area contributed by atoms with Crippen LogP contribution in [-0.2, 0) is 14.3 Å². The maximum absolute atomic E-state index is 12.0. The van der Waals surface area contributed by atoms with Crippen molar-refractivity contribution in [1.82, 2.24) is 0 Å². The van der Waals surface area contributed by atoms with Gasteiger partial charge in [-0.3, -0.25) is 14.9 Å². The first-order valence-corrected chi connectivity index (χ1v) is 7.79. The predicted octanol–water partition coefficient (Wildman–Crippen LogP) is 2.83. The van der Waals surface area contributed by atoms with Gasteiger partial charge in [-0.1, -0.05) is 11.6 Å². The molecule has 0 fully saturated rings. The number of non-ortho nitro benzene ring substituents is 1. The number of anilines is 1. The van der Waals surface area contributed by atoms with Crippen molar-refractivity contribution in [2.75, 3.05) is 19.0 Å². The van der Waals surface area contributed by atoms with E-state index in [1.54, 1.807) is 0 Å². The smallest absolute Gasteiger partial charge is 0.340 e. The highest BCUT2D eigenvalue weighted by molar-refractivity contribution is 6.33. The van der Waals surface area contributed by atoms with Crippen LogP contribution >= 0.6 is 11.6 Å². The number of halogens is 1. The first-order chi connectivity index (χ1) is 12.8. The van der Waals surface area contributed by atoms with E-state index in [1.807, 2.05) is 0 Å². The summed E-state index contributed by atoms with van der Waals surface area (Å²) in [4.78, 5) is 45.3. The van der Waals surface area contributed by atoms with Crippen molar-refractivity contribution in [3.63, 3.8) is 0 Å². The monoisotopic (exact) mass is 392 g/mol. The van der Waals surface area contributed by atoms with Gasteiger partial charge in [0, 0.05) is 17.8 Å². The molecule has 0 heterocycles. The van der Waals surface area contributed by atoms with Gasteiger partial charge in [-0.2, -0.15) is 0 Å². The standard InChI is InChI=1S/C17H13ClN2O7/c1-26-16(22)10-2-4-11(5-3-10)19-15(21)9-27-17(23)13-8-12(20(24)25)6-7-14(13)18/h2-8H,9H2,1H3,(H,19,21). The zero-order chi connectivity index (χ0) is 20.0. The van der Waals surface area contributed by atoms with E-state index < -0.39 is 29.4 Å². The Labute approximate surface area is 158 Å². The number of amides is 1. The van der Waals surface area contributed by atoms with Gasteiger partial charge in [0.15, 0.2) is 6.61 Å². The van der Waals surface area contributed by atoms with Gasteiger partial charge >= 0.3 is 11.9 Å². The number of nitro benzene ring substituents is 1. The van der Waals surface area contributed by atoms with Crippen LogP contribution in [0.1, 0.15) is 20.7 Å². The van der Waals surface area contributed by atoms with E-state index in [2.05, 4.69) is 10.1 Å². The molecule has 0 aliphatic heterocycles. The fourth-order valence-corrected chi connectivity index (χ4v) is 2.19. The Morgan fingerprint density at radius 2 is 1.78 bits per heavy atom. The van der Waals surface area contributed by atoms with Crippen LogP contribution in [0.25, 0.3) is 0 Å². The largest absolute Gasteiger partial charge is 0.465 e. The second-order valence-corrected chi connectivity index (χ2v) is 5.52. The number of methoxy groups -OCH3 is 1. The lowest BCUT2D eigenvalue weighted by atomic mass is 10.2. The fraction of sp³-hybridized carbons (Fsp3) is 0.118. The third-order valence-corrected chi connectivity index (χ3v) is 3.63. The summed E-state index contributed by atoms with van der Waals surface area (Å²) in [5, 5.41) is 13.2. The van der Waals surface area contributed by atoms with Crippen LogP contribution in [0, 0.1) is 10.1 Å². The average Bonchev–Trinajstić information content (AvgIpc) is 2.66. The molecule has 0 aromatic heterocycles. The molecule has 10 heteroatoms. The fourth-order valence-electron chi connectivity index (χ4n) is 2.00. The van der Waals surface area contributed by atoms with Crippen LogP contribution in [0.5, 0.6) is 0 Å². The molecule has 2 rings (SSSR count). The van der Waals surface area contributed by atoms with Gasteiger partial charge < -0.3 is 14.8 Å². The van der Waals surface area contributed by atoms with Crippen LogP contribution in [0.3, 0.4) is 0 Å². The zero-order valence-corrected chi connectivity index (χ0v) is 14.7. The van der Waals surface area contributed by atoms with E-state index in [-0.39, 0.29) is 16.3 Å². The molecule has 0 saturated heterocycles. The number of benzene rings is 2. The molecule has 1 N–H and O–H groups in total. The molecule has 0 radical (unpaired) electrons. The summed E-state index contributed by atoms with van der Waals surface area (Å²) in [6.45, 7) is -0.628. The number of nitrogens with one attached hydrogen (secondary N) is 1. The van der Waals surface area contributed by atoms with E-state index in [0.717, 1.165) is 12.1 Å². The van der Waals surface area contributed by atoms with Crippen LogP contribution in [0.15, 0.2) is 42.5 Å². The number of nitro groups is 1. The second-order valence-electron chi connectivity index (χ2n) is 5.11. The molecule has 27 heavy (non-hydrogen) atoms. The van der Waals surface area contributed by atoms with E-state index >= 15 is 0 Å². The Bertz CT molecular complexity index is 897. The number of carbonyl (C=O) groups is 3. The second kappa shape index (κ2) is 8.77. The summed E-state index contributed by atoms with van der Waals surface area (Å²) in [6.07, 6.45) is 0. The summed E-state index contributed by atoms with van der Waals surface area (Å²) < 4.78 is 9.39. The third-order valence-electron chi connectivity index (χ3n) is 3.30. The van der Waals surface area contributed by atoms with Gasteiger partial charge in [0.25, 0.3) is 11.6 Å². The molecule has 2 aromatic rings. The van der Waals surface area contributed by atoms with Crippen molar-refractivity contribution in [3.8, 4) is 0 Å². The molecule has 140 valence electrons. The van der Waals surface area contributed by atoms with E-state index in [9.17, 15) is 24.5 Å². The van der Waals surface area contributed by atoms with Crippen molar-refractivity contribution in [2.45, 2.75) is 0 Å². The number of ether oxygens (including phenoxy) is 2. The van der Waals surface area contributed by atoms with Gasteiger partial charge in [-0.25, -0.2) is 9.59 Å². The molecule has 0 spiro atoms. The first kappa shape index (κ1) is 19.9. The number of rotatable bonds is 6. The lowest BCUT2D eigenvalue weighted by Gasteiger charge is -2.08. The normalized spacial score (nSPS) is 10.0. The number of hydrogen-bond donors (Lipinski definition) is 1. The minimum atomic E-state index is -0.972. The van der Waals surface area contributed by atoms with E-state index in [4.69, 9.17) is 16.3 Å². The van der Waals surface area contributed by atoms with Crippen molar-refractivity contribution >= 4 is 40.8 Å². The topological polar surface area (TPSA) is 125 Å². The zero-order valence-electron chi connectivity index (χ0n) is 13.9. The van der Waals surface area contributed by atoms with Crippen LogP contribution in [0.4, 0.5) is 11.4 Å². The molecule has 0 unspecified atom stereocenters. The molecule has 2 aromatic carbocycles. The highest BCUT2D eigenvalue weighted by Crippen LogP contribution is 2.22. The number of esters is 2. The van der Waals surface area contributed by atoms with Crippen molar-refractivity contribution < 1.29 is 28.8 Å². The Balaban J connectivity index is 1.95. The van der Waals surface area contributed by atoms with Gasteiger partial charge in [0.2, 0.25) is 0 Å². The van der Waals surface area contributed by atoms with Crippen LogP contribution in [0.2, 0.25) is 5.02 Å².